The largest absolute Gasteiger partial charge is 0.329 e. The summed E-state index contributed by atoms with van der Waals surface area (Å²) < 4.78 is 0.836. The maximum atomic E-state index is 5.90. The lowest BCUT2D eigenvalue weighted by molar-refractivity contribution is 0.254. The first-order chi connectivity index (χ1) is 6.69. The zero-order valence-electron chi connectivity index (χ0n) is 8.66. The summed E-state index contributed by atoms with van der Waals surface area (Å²) in [5.74, 6) is 0. The molecule has 0 radical (unpaired) electrons. The van der Waals surface area contributed by atoms with Gasteiger partial charge in [0.1, 0.15) is 0 Å². The van der Waals surface area contributed by atoms with Crippen molar-refractivity contribution in [1.82, 2.24) is 4.90 Å². The van der Waals surface area contributed by atoms with E-state index < -0.39 is 0 Å². The van der Waals surface area contributed by atoms with Crippen molar-refractivity contribution in [3.05, 3.63) is 21.3 Å². The summed E-state index contributed by atoms with van der Waals surface area (Å²) in [6, 6.07) is 4.31. The van der Waals surface area contributed by atoms with E-state index in [1.807, 2.05) is 6.07 Å². The van der Waals surface area contributed by atoms with Crippen LogP contribution in [-0.4, -0.2) is 25.0 Å². The Hall–Kier alpha value is -0.0900. The molecule has 1 atom stereocenters. The van der Waals surface area contributed by atoms with Crippen molar-refractivity contribution in [3.63, 3.8) is 0 Å². The molecular weight excluding hydrogens is 216 g/mol. The van der Waals surface area contributed by atoms with Crippen LogP contribution in [0, 0.1) is 0 Å². The van der Waals surface area contributed by atoms with Gasteiger partial charge >= 0.3 is 0 Å². The molecule has 0 bridgehead atoms. The highest BCUT2D eigenvalue weighted by molar-refractivity contribution is 7.16. The van der Waals surface area contributed by atoms with E-state index in [0.717, 1.165) is 17.3 Å². The summed E-state index contributed by atoms with van der Waals surface area (Å²) in [5, 5.41) is 0. The third kappa shape index (κ3) is 2.95. The van der Waals surface area contributed by atoms with Crippen molar-refractivity contribution in [3.8, 4) is 0 Å². The normalized spacial score (nSPS) is 13.5. The first-order valence-corrected chi connectivity index (χ1v) is 6.04. The van der Waals surface area contributed by atoms with Crippen LogP contribution in [0.1, 0.15) is 24.3 Å². The Labute approximate surface area is 94.7 Å². The van der Waals surface area contributed by atoms with Gasteiger partial charge in [-0.1, -0.05) is 18.5 Å². The second-order valence-corrected chi connectivity index (χ2v) is 5.12. The van der Waals surface area contributed by atoms with Gasteiger partial charge in [0.15, 0.2) is 0 Å². The minimum atomic E-state index is 0.312. The molecular formula is C10H17ClN2S. The van der Waals surface area contributed by atoms with Crippen LogP contribution in [0.3, 0.4) is 0 Å². The fourth-order valence-electron chi connectivity index (χ4n) is 1.53. The molecule has 1 unspecified atom stereocenters. The molecule has 0 saturated carbocycles. The van der Waals surface area contributed by atoms with Gasteiger partial charge in [-0.3, -0.25) is 4.90 Å². The van der Waals surface area contributed by atoms with Gasteiger partial charge in [0.25, 0.3) is 0 Å². The second-order valence-electron chi connectivity index (χ2n) is 3.37. The van der Waals surface area contributed by atoms with E-state index in [0.29, 0.717) is 12.6 Å². The molecule has 1 aromatic heterocycles. The third-order valence-electron chi connectivity index (χ3n) is 2.25. The smallest absolute Gasteiger partial charge is 0.0931 e. The van der Waals surface area contributed by atoms with E-state index in [1.165, 1.54) is 4.88 Å². The molecule has 0 aliphatic heterocycles. The summed E-state index contributed by atoms with van der Waals surface area (Å²) in [5.41, 5.74) is 5.77. The van der Waals surface area contributed by atoms with Crippen LogP contribution >= 0.6 is 22.9 Å². The average molecular weight is 233 g/mol. The molecule has 1 aromatic rings. The van der Waals surface area contributed by atoms with Crippen molar-refractivity contribution in [2.75, 3.05) is 20.1 Å². The number of hydrogen-bond acceptors (Lipinski definition) is 3. The molecule has 2 nitrogen and oxygen atoms in total. The van der Waals surface area contributed by atoms with Gasteiger partial charge in [-0.25, -0.2) is 0 Å². The molecule has 0 amide bonds. The van der Waals surface area contributed by atoms with Crippen molar-refractivity contribution in [2.45, 2.75) is 19.4 Å². The monoisotopic (exact) mass is 232 g/mol. The van der Waals surface area contributed by atoms with Gasteiger partial charge in [0.2, 0.25) is 0 Å². The predicted molar refractivity (Wildman–Crippen MR) is 64.0 cm³/mol. The first-order valence-electron chi connectivity index (χ1n) is 4.84. The SMILES string of the molecule is CCCN(C)C(CN)c1ccc(Cl)s1. The summed E-state index contributed by atoms with van der Waals surface area (Å²) in [4.78, 5) is 3.54. The molecule has 0 fully saturated rings. The summed E-state index contributed by atoms with van der Waals surface area (Å²) >= 11 is 7.52. The van der Waals surface area contributed by atoms with Crippen LogP contribution in [0.2, 0.25) is 4.34 Å². The number of halogens is 1. The highest BCUT2D eigenvalue weighted by Crippen LogP contribution is 2.29. The van der Waals surface area contributed by atoms with Crippen molar-refractivity contribution >= 4 is 22.9 Å². The number of thiophene rings is 1. The lowest BCUT2D eigenvalue weighted by Crippen LogP contribution is -2.30. The Morgan fingerprint density at radius 2 is 2.29 bits per heavy atom. The fraction of sp³-hybridized carbons (Fsp3) is 0.600. The lowest BCUT2D eigenvalue weighted by atomic mass is 10.2. The predicted octanol–water partition coefficient (Wildman–Crippen LogP) is 2.74. The Balaban J connectivity index is 2.71. The van der Waals surface area contributed by atoms with Gasteiger partial charge in [-0.15, -0.1) is 11.3 Å². The Bertz CT molecular complexity index is 275. The van der Waals surface area contributed by atoms with E-state index in [9.17, 15) is 0 Å². The van der Waals surface area contributed by atoms with Gasteiger partial charge in [-0.05, 0) is 32.1 Å². The fourth-order valence-corrected chi connectivity index (χ4v) is 2.77. The number of rotatable bonds is 5. The van der Waals surface area contributed by atoms with Crippen molar-refractivity contribution in [1.29, 1.82) is 0 Å². The van der Waals surface area contributed by atoms with Crippen LogP contribution in [0.4, 0.5) is 0 Å². The van der Waals surface area contributed by atoms with Crippen LogP contribution in [0.5, 0.6) is 0 Å². The molecule has 0 spiro atoms. The maximum Gasteiger partial charge on any atom is 0.0931 e. The molecule has 4 heteroatoms. The van der Waals surface area contributed by atoms with E-state index in [1.54, 1.807) is 11.3 Å². The van der Waals surface area contributed by atoms with Crippen LogP contribution in [0.15, 0.2) is 12.1 Å². The minimum absolute atomic E-state index is 0.312. The molecule has 80 valence electrons. The zero-order valence-corrected chi connectivity index (χ0v) is 10.2. The van der Waals surface area contributed by atoms with Gasteiger partial charge in [-0.2, -0.15) is 0 Å². The quantitative estimate of drug-likeness (QED) is 0.846. The standard InChI is InChI=1S/C10H17ClN2S/c1-3-6-13(2)8(7-12)9-4-5-10(11)14-9/h4-5,8H,3,6-7,12H2,1-2H3. The zero-order chi connectivity index (χ0) is 10.6. The maximum absolute atomic E-state index is 5.90. The molecule has 1 heterocycles. The van der Waals surface area contributed by atoms with Crippen LogP contribution in [0.25, 0.3) is 0 Å². The van der Waals surface area contributed by atoms with Crippen molar-refractivity contribution in [2.24, 2.45) is 5.73 Å². The van der Waals surface area contributed by atoms with Gasteiger partial charge in [0.05, 0.1) is 10.4 Å². The summed E-state index contributed by atoms with van der Waals surface area (Å²) in [6.07, 6.45) is 1.14. The molecule has 0 aliphatic carbocycles. The van der Waals surface area contributed by atoms with E-state index in [2.05, 4.69) is 24.9 Å². The summed E-state index contributed by atoms with van der Waals surface area (Å²) in [7, 11) is 2.11. The van der Waals surface area contributed by atoms with Crippen LogP contribution < -0.4 is 5.73 Å². The lowest BCUT2D eigenvalue weighted by Gasteiger charge is -2.25. The third-order valence-corrected chi connectivity index (χ3v) is 3.59. The first kappa shape index (κ1) is 12.0. The number of nitrogens with two attached hydrogens (primary N) is 1. The van der Waals surface area contributed by atoms with Crippen LogP contribution in [-0.2, 0) is 0 Å². The number of hydrogen-bond donors (Lipinski definition) is 1. The molecule has 0 aromatic carbocycles. The Morgan fingerprint density at radius 1 is 1.57 bits per heavy atom. The van der Waals surface area contributed by atoms with Gasteiger partial charge in [0, 0.05) is 11.4 Å². The topological polar surface area (TPSA) is 29.3 Å². The molecule has 1 rings (SSSR count). The Kier molecular flexibility index (Phi) is 4.89. The van der Waals surface area contributed by atoms with Crippen molar-refractivity contribution < 1.29 is 0 Å². The Morgan fingerprint density at radius 3 is 2.71 bits per heavy atom. The molecule has 0 aliphatic rings. The second kappa shape index (κ2) is 5.71. The molecule has 2 N–H and O–H groups in total. The molecule has 0 saturated heterocycles. The highest BCUT2D eigenvalue weighted by atomic mass is 35.5. The summed E-state index contributed by atoms with van der Waals surface area (Å²) in [6.45, 7) is 3.89. The molecule has 14 heavy (non-hydrogen) atoms. The number of nitrogens with zero attached hydrogens (tertiary/aromatic N) is 1. The van der Waals surface area contributed by atoms with E-state index in [-0.39, 0.29) is 0 Å². The average Bonchev–Trinajstić information content (AvgIpc) is 2.54. The minimum Gasteiger partial charge on any atom is -0.329 e. The number of likely N-dealkylation sites (N-methyl/N-ethyl adjacent to an activating group) is 1. The van der Waals surface area contributed by atoms with E-state index >= 15 is 0 Å². The van der Waals surface area contributed by atoms with Gasteiger partial charge < -0.3 is 5.73 Å². The van der Waals surface area contributed by atoms with E-state index in [4.69, 9.17) is 17.3 Å². The highest BCUT2D eigenvalue weighted by Gasteiger charge is 2.16.